The van der Waals surface area contributed by atoms with Crippen molar-refractivity contribution in [3.05, 3.63) is 12.1 Å². The van der Waals surface area contributed by atoms with Gasteiger partial charge in [0.15, 0.2) is 5.65 Å². The first-order valence-corrected chi connectivity index (χ1v) is 5.30. The van der Waals surface area contributed by atoms with Gasteiger partial charge >= 0.3 is 0 Å². The van der Waals surface area contributed by atoms with E-state index >= 15 is 0 Å². The second-order valence-electron chi connectivity index (χ2n) is 3.46. The van der Waals surface area contributed by atoms with Crippen LogP contribution in [0.4, 0.5) is 5.82 Å². The van der Waals surface area contributed by atoms with E-state index in [1.54, 1.807) is 0 Å². The lowest BCUT2D eigenvalue weighted by Crippen LogP contribution is -2.06. The van der Waals surface area contributed by atoms with Crippen LogP contribution in [-0.4, -0.2) is 43.5 Å². The summed E-state index contributed by atoms with van der Waals surface area (Å²) in [6.07, 6.45) is 2.87. The van der Waals surface area contributed by atoms with Gasteiger partial charge in [-0.2, -0.15) is 0 Å². The number of fused-ring (bicyclic) bond motifs is 1. The number of hydrogen-bond donors (Lipinski definition) is 2. The molecule has 16 heavy (non-hydrogen) atoms. The summed E-state index contributed by atoms with van der Waals surface area (Å²) in [5, 5.41) is 26.9. The summed E-state index contributed by atoms with van der Waals surface area (Å²) in [4.78, 5) is 0. The van der Waals surface area contributed by atoms with Crippen LogP contribution in [0.25, 0.3) is 5.65 Å². The second-order valence-corrected chi connectivity index (χ2v) is 3.46. The molecule has 0 atom stereocenters. The number of aromatic nitrogens is 5. The Labute approximate surface area is 92.5 Å². The van der Waals surface area contributed by atoms with E-state index in [1.807, 2.05) is 12.1 Å². The van der Waals surface area contributed by atoms with Crippen LogP contribution in [0, 0.1) is 0 Å². The molecule has 0 radical (unpaired) electrons. The minimum atomic E-state index is 0.259. The molecule has 0 bridgehead atoms. The maximum atomic E-state index is 8.62. The first-order valence-electron chi connectivity index (χ1n) is 5.30. The fourth-order valence-corrected chi connectivity index (χ4v) is 1.37. The van der Waals surface area contributed by atoms with Gasteiger partial charge in [0, 0.05) is 13.2 Å². The third kappa shape index (κ3) is 2.63. The Kier molecular flexibility index (Phi) is 3.60. The number of tetrazole rings is 1. The Hall–Kier alpha value is -1.76. The van der Waals surface area contributed by atoms with Gasteiger partial charge in [-0.3, -0.25) is 0 Å². The Morgan fingerprint density at radius 2 is 2.19 bits per heavy atom. The summed E-state index contributed by atoms with van der Waals surface area (Å²) in [6.45, 7) is 1.09. The van der Waals surface area contributed by atoms with Crippen LogP contribution < -0.4 is 5.32 Å². The van der Waals surface area contributed by atoms with Crippen LogP contribution in [0.1, 0.15) is 19.3 Å². The maximum Gasteiger partial charge on any atom is 0.200 e. The van der Waals surface area contributed by atoms with E-state index in [9.17, 15) is 0 Å². The average Bonchev–Trinajstić information content (AvgIpc) is 2.76. The number of nitrogens with one attached hydrogen (secondary N) is 1. The molecule has 0 fully saturated rings. The summed E-state index contributed by atoms with van der Waals surface area (Å²) in [7, 11) is 0. The standard InChI is InChI=1S/C9H14N6O/c16-7-3-1-2-6-10-8-4-5-9-11-13-14-15(9)12-8/h4-5,16H,1-3,6-7H2,(H,10,12). The number of nitrogens with zero attached hydrogens (tertiary/aromatic N) is 5. The maximum absolute atomic E-state index is 8.62. The van der Waals surface area contributed by atoms with Crippen molar-refractivity contribution in [2.24, 2.45) is 0 Å². The number of rotatable bonds is 6. The first-order chi connectivity index (χ1) is 7.90. The van der Waals surface area contributed by atoms with Crippen LogP contribution in [0.3, 0.4) is 0 Å². The van der Waals surface area contributed by atoms with Crippen molar-refractivity contribution in [3.8, 4) is 0 Å². The van der Waals surface area contributed by atoms with E-state index in [2.05, 4.69) is 25.9 Å². The molecule has 2 N–H and O–H groups in total. The Bertz CT molecular complexity index is 442. The lowest BCUT2D eigenvalue weighted by molar-refractivity contribution is 0.283. The normalized spacial score (nSPS) is 10.8. The van der Waals surface area contributed by atoms with Gasteiger partial charge in [-0.25, -0.2) is 0 Å². The molecule has 0 saturated carbocycles. The Morgan fingerprint density at radius 3 is 3.06 bits per heavy atom. The summed E-state index contributed by atoms with van der Waals surface area (Å²) >= 11 is 0. The smallest absolute Gasteiger partial charge is 0.200 e. The molecule has 0 unspecified atom stereocenters. The van der Waals surface area contributed by atoms with Gasteiger partial charge in [-0.15, -0.1) is 14.8 Å². The van der Waals surface area contributed by atoms with Crippen LogP contribution in [0.5, 0.6) is 0 Å². The van der Waals surface area contributed by atoms with Crippen molar-refractivity contribution < 1.29 is 5.11 Å². The van der Waals surface area contributed by atoms with Crippen molar-refractivity contribution in [3.63, 3.8) is 0 Å². The SMILES string of the molecule is OCCCCCNc1ccc2nnnn2n1. The summed E-state index contributed by atoms with van der Waals surface area (Å²) in [6, 6.07) is 3.65. The molecular formula is C9H14N6O. The van der Waals surface area contributed by atoms with E-state index in [4.69, 9.17) is 5.11 Å². The number of unbranched alkanes of at least 4 members (excludes halogenated alkanes) is 2. The monoisotopic (exact) mass is 222 g/mol. The highest BCUT2D eigenvalue weighted by atomic mass is 16.2. The molecule has 0 aliphatic rings. The zero-order chi connectivity index (χ0) is 11.2. The van der Waals surface area contributed by atoms with Gasteiger partial charge in [0.1, 0.15) is 5.82 Å². The first kappa shape index (κ1) is 10.7. The number of hydrogen-bond acceptors (Lipinski definition) is 6. The Balaban J connectivity index is 1.84. The summed E-state index contributed by atoms with van der Waals surface area (Å²) in [5.41, 5.74) is 0.630. The molecule has 2 aromatic heterocycles. The van der Waals surface area contributed by atoms with E-state index in [0.717, 1.165) is 31.6 Å². The van der Waals surface area contributed by atoms with Crippen molar-refractivity contribution in [1.82, 2.24) is 25.3 Å². The second kappa shape index (κ2) is 5.36. The third-order valence-corrected chi connectivity index (χ3v) is 2.21. The average molecular weight is 222 g/mol. The van der Waals surface area contributed by atoms with Crippen LogP contribution in [-0.2, 0) is 0 Å². The highest BCUT2D eigenvalue weighted by Crippen LogP contribution is 2.03. The minimum absolute atomic E-state index is 0.259. The van der Waals surface area contributed by atoms with Crippen molar-refractivity contribution in [1.29, 1.82) is 0 Å². The summed E-state index contributed by atoms with van der Waals surface area (Å²) in [5.74, 6) is 0.754. The molecule has 7 nitrogen and oxygen atoms in total. The van der Waals surface area contributed by atoms with Gasteiger partial charge in [-0.05, 0) is 41.8 Å². The lowest BCUT2D eigenvalue weighted by Gasteiger charge is -2.04. The molecule has 0 aliphatic heterocycles. The zero-order valence-electron chi connectivity index (χ0n) is 8.87. The quantitative estimate of drug-likeness (QED) is 0.674. The van der Waals surface area contributed by atoms with E-state index in [1.165, 1.54) is 4.63 Å². The highest BCUT2D eigenvalue weighted by Gasteiger charge is 1.99. The minimum Gasteiger partial charge on any atom is -0.396 e. The van der Waals surface area contributed by atoms with Crippen LogP contribution in [0.2, 0.25) is 0 Å². The molecule has 0 spiro atoms. The lowest BCUT2D eigenvalue weighted by atomic mass is 10.2. The van der Waals surface area contributed by atoms with Gasteiger partial charge in [-0.1, -0.05) is 0 Å². The van der Waals surface area contributed by atoms with E-state index in [-0.39, 0.29) is 6.61 Å². The van der Waals surface area contributed by atoms with Gasteiger partial charge in [0.25, 0.3) is 0 Å². The molecule has 0 aromatic carbocycles. The number of aliphatic hydroxyl groups is 1. The zero-order valence-corrected chi connectivity index (χ0v) is 8.87. The van der Waals surface area contributed by atoms with Gasteiger partial charge in [0.2, 0.25) is 0 Å². The third-order valence-electron chi connectivity index (χ3n) is 2.21. The molecule has 2 rings (SSSR count). The Morgan fingerprint density at radius 1 is 1.25 bits per heavy atom. The van der Waals surface area contributed by atoms with E-state index < -0.39 is 0 Å². The van der Waals surface area contributed by atoms with Gasteiger partial charge < -0.3 is 10.4 Å². The summed E-state index contributed by atoms with van der Waals surface area (Å²) < 4.78 is 1.38. The van der Waals surface area contributed by atoms with Gasteiger partial charge in [0.05, 0.1) is 0 Å². The fourth-order valence-electron chi connectivity index (χ4n) is 1.37. The molecule has 0 amide bonds. The predicted molar refractivity (Wildman–Crippen MR) is 58.0 cm³/mol. The molecule has 86 valence electrons. The van der Waals surface area contributed by atoms with Crippen LogP contribution in [0.15, 0.2) is 12.1 Å². The van der Waals surface area contributed by atoms with Crippen molar-refractivity contribution in [2.75, 3.05) is 18.5 Å². The number of anilines is 1. The predicted octanol–water partition coefficient (Wildman–Crippen LogP) is 0.0938. The fraction of sp³-hybridized carbons (Fsp3) is 0.556. The largest absolute Gasteiger partial charge is 0.396 e. The van der Waals surface area contributed by atoms with E-state index in [0.29, 0.717) is 5.65 Å². The molecule has 2 aromatic rings. The number of aliphatic hydroxyl groups excluding tert-OH is 1. The molecule has 0 saturated heterocycles. The van der Waals surface area contributed by atoms with Crippen molar-refractivity contribution >= 4 is 11.5 Å². The topological polar surface area (TPSA) is 88.2 Å². The highest BCUT2D eigenvalue weighted by molar-refractivity contribution is 5.41. The molecule has 0 aliphatic carbocycles. The van der Waals surface area contributed by atoms with Crippen molar-refractivity contribution in [2.45, 2.75) is 19.3 Å². The molecule has 2 heterocycles. The van der Waals surface area contributed by atoms with Crippen LogP contribution >= 0.6 is 0 Å². The molecular weight excluding hydrogens is 208 g/mol. The molecule has 7 heteroatoms.